The van der Waals surface area contributed by atoms with Crippen LogP contribution in [0, 0.1) is 11.3 Å². The second-order valence-corrected chi connectivity index (χ2v) is 6.06. The highest BCUT2D eigenvalue weighted by molar-refractivity contribution is 6.32. The van der Waals surface area contributed by atoms with Crippen LogP contribution in [0.5, 0.6) is 5.75 Å². The van der Waals surface area contributed by atoms with Crippen LogP contribution in [0.4, 0.5) is 5.69 Å². The molecule has 0 radical (unpaired) electrons. The van der Waals surface area contributed by atoms with Crippen molar-refractivity contribution in [3.63, 3.8) is 0 Å². The maximum absolute atomic E-state index is 12.3. The smallest absolute Gasteiger partial charge is 0.262 e. The first-order valence-electron chi connectivity index (χ1n) is 8.50. The molecule has 0 saturated heterocycles. The lowest BCUT2D eigenvalue weighted by molar-refractivity contribution is -0.118. The van der Waals surface area contributed by atoms with Crippen LogP contribution in [-0.2, 0) is 4.79 Å². The van der Waals surface area contributed by atoms with E-state index in [9.17, 15) is 9.59 Å². The molecule has 0 atom stereocenters. The van der Waals surface area contributed by atoms with E-state index in [0.717, 1.165) is 0 Å². The van der Waals surface area contributed by atoms with Crippen LogP contribution in [0.3, 0.4) is 0 Å². The molecule has 27 heavy (non-hydrogen) atoms. The molecule has 0 aliphatic rings. The highest BCUT2D eigenvalue weighted by atomic mass is 35.5. The highest BCUT2D eigenvalue weighted by Crippen LogP contribution is 2.25. The van der Waals surface area contributed by atoms with Gasteiger partial charge >= 0.3 is 0 Å². The van der Waals surface area contributed by atoms with Crippen LogP contribution in [0.25, 0.3) is 0 Å². The second kappa shape index (κ2) is 9.60. The third-order valence-electron chi connectivity index (χ3n) is 3.89. The van der Waals surface area contributed by atoms with Crippen molar-refractivity contribution in [1.82, 2.24) is 4.90 Å². The van der Waals surface area contributed by atoms with Crippen LogP contribution in [0.15, 0.2) is 42.5 Å². The van der Waals surface area contributed by atoms with Gasteiger partial charge in [-0.05, 0) is 56.3 Å². The molecule has 2 aromatic rings. The summed E-state index contributed by atoms with van der Waals surface area (Å²) in [4.78, 5) is 26.0. The van der Waals surface area contributed by atoms with Crippen LogP contribution in [-0.4, -0.2) is 36.4 Å². The lowest BCUT2D eigenvalue weighted by Crippen LogP contribution is -2.30. The molecule has 0 aliphatic carbocycles. The third kappa shape index (κ3) is 5.47. The summed E-state index contributed by atoms with van der Waals surface area (Å²) >= 11 is 6.00. The summed E-state index contributed by atoms with van der Waals surface area (Å²) < 4.78 is 5.38. The Morgan fingerprint density at radius 3 is 2.37 bits per heavy atom. The number of nitriles is 1. The summed E-state index contributed by atoms with van der Waals surface area (Å²) in [7, 11) is 0. The van der Waals surface area contributed by atoms with Crippen molar-refractivity contribution in [3.8, 4) is 11.8 Å². The normalized spacial score (nSPS) is 10.0. The number of benzene rings is 2. The number of hydrogen-bond donors (Lipinski definition) is 1. The molecule has 2 rings (SSSR count). The van der Waals surface area contributed by atoms with Gasteiger partial charge in [0.05, 0.1) is 16.7 Å². The number of carbonyl (C=O) groups excluding carboxylic acids is 2. The van der Waals surface area contributed by atoms with Gasteiger partial charge in [0.15, 0.2) is 6.61 Å². The maximum Gasteiger partial charge on any atom is 0.262 e. The van der Waals surface area contributed by atoms with Gasteiger partial charge in [-0.15, -0.1) is 0 Å². The van der Waals surface area contributed by atoms with Crippen molar-refractivity contribution < 1.29 is 14.3 Å². The van der Waals surface area contributed by atoms with Gasteiger partial charge in [-0.25, -0.2) is 0 Å². The zero-order valence-corrected chi connectivity index (χ0v) is 15.9. The predicted octanol–water partition coefficient (Wildman–Crippen LogP) is 3.71. The van der Waals surface area contributed by atoms with Crippen molar-refractivity contribution in [2.24, 2.45) is 0 Å². The minimum absolute atomic E-state index is 0.0448. The molecule has 0 unspecified atom stereocenters. The van der Waals surface area contributed by atoms with Crippen LogP contribution < -0.4 is 10.1 Å². The Hall–Kier alpha value is -3.04. The standard InChI is InChI=1S/C20H20ClN3O3/c1-3-24(4-2)20(26)15-6-8-16(9-7-15)23-19(25)13-27-18-10-5-14(12-22)11-17(18)21/h5-11H,3-4,13H2,1-2H3,(H,23,25). The topological polar surface area (TPSA) is 82.4 Å². The number of amides is 2. The Bertz CT molecular complexity index is 856. The number of ether oxygens (including phenoxy) is 1. The Morgan fingerprint density at radius 1 is 1.15 bits per heavy atom. The Morgan fingerprint density at radius 2 is 1.81 bits per heavy atom. The molecule has 7 heteroatoms. The summed E-state index contributed by atoms with van der Waals surface area (Å²) in [6.45, 7) is 4.91. The summed E-state index contributed by atoms with van der Waals surface area (Å²) in [5.41, 5.74) is 1.54. The third-order valence-corrected chi connectivity index (χ3v) is 4.18. The van der Waals surface area contributed by atoms with Crippen LogP contribution in [0.2, 0.25) is 5.02 Å². The second-order valence-electron chi connectivity index (χ2n) is 5.65. The fraction of sp³-hybridized carbons (Fsp3) is 0.250. The molecule has 0 spiro atoms. The summed E-state index contributed by atoms with van der Waals surface area (Å²) in [6, 6.07) is 13.2. The van der Waals surface area contributed by atoms with Gasteiger partial charge in [0, 0.05) is 24.3 Å². The largest absolute Gasteiger partial charge is 0.482 e. The zero-order chi connectivity index (χ0) is 19.8. The van der Waals surface area contributed by atoms with Crippen LogP contribution in [0.1, 0.15) is 29.8 Å². The predicted molar refractivity (Wildman–Crippen MR) is 104 cm³/mol. The van der Waals surface area contributed by atoms with Gasteiger partial charge in [-0.3, -0.25) is 9.59 Å². The number of anilines is 1. The van der Waals surface area contributed by atoms with Crippen molar-refractivity contribution in [2.75, 3.05) is 25.0 Å². The van der Waals surface area contributed by atoms with E-state index in [-0.39, 0.29) is 23.4 Å². The molecule has 0 heterocycles. The Balaban J connectivity index is 1.92. The lowest BCUT2D eigenvalue weighted by atomic mass is 10.2. The Labute approximate surface area is 163 Å². The first-order chi connectivity index (χ1) is 13.0. The zero-order valence-electron chi connectivity index (χ0n) is 15.2. The molecule has 0 aromatic heterocycles. The van der Waals surface area contributed by atoms with Gasteiger partial charge in [-0.1, -0.05) is 11.6 Å². The summed E-state index contributed by atoms with van der Waals surface area (Å²) in [5, 5.41) is 11.8. The number of halogens is 1. The first-order valence-corrected chi connectivity index (χ1v) is 8.87. The molecular weight excluding hydrogens is 366 g/mol. The molecule has 1 N–H and O–H groups in total. The Kier molecular flexibility index (Phi) is 7.21. The summed E-state index contributed by atoms with van der Waals surface area (Å²) in [6.07, 6.45) is 0. The van der Waals surface area contributed by atoms with Gasteiger partial charge in [0.1, 0.15) is 5.75 Å². The molecular formula is C20H20ClN3O3. The van der Waals surface area contributed by atoms with E-state index in [2.05, 4.69) is 5.32 Å². The minimum Gasteiger partial charge on any atom is -0.482 e. The fourth-order valence-electron chi connectivity index (χ4n) is 2.42. The minimum atomic E-state index is -0.363. The van der Waals surface area contributed by atoms with E-state index in [1.807, 2.05) is 19.9 Å². The number of nitrogens with zero attached hydrogens (tertiary/aromatic N) is 2. The van der Waals surface area contributed by atoms with Crippen molar-refractivity contribution in [2.45, 2.75) is 13.8 Å². The molecule has 140 valence electrons. The van der Waals surface area contributed by atoms with Crippen molar-refractivity contribution in [3.05, 3.63) is 58.6 Å². The van der Waals surface area contributed by atoms with Crippen molar-refractivity contribution >= 4 is 29.1 Å². The maximum atomic E-state index is 12.3. The average Bonchev–Trinajstić information content (AvgIpc) is 2.68. The van der Waals surface area contributed by atoms with E-state index in [0.29, 0.717) is 35.7 Å². The van der Waals surface area contributed by atoms with E-state index >= 15 is 0 Å². The monoisotopic (exact) mass is 385 g/mol. The fourth-order valence-corrected chi connectivity index (χ4v) is 2.65. The average molecular weight is 386 g/mol. The van der Waals surface area contributed by atoms with E-state index in [4.69, 9.17) is 21.6 Å². The summed E-state index contributed by atoms with van der Waals surface area (Å²) in [5.74, 6) is -0.0825. The molecule has 2 amide bonds. The first kappa shape index (κ1) is 20.3. The number of carbonyl (C=O) groups is 2. The number of rotatable bonds is 7. The van der Waals surface area contributed by atoms with Gasteiger partial charge in [0.25, 0.3) is 11.8 Å². The molecule has 0 bridgehead atoms. The lowest BCUT2D eigenvalue weighted by Gasteiger charge is -2.18. The number of nitrogens with one attached hydrogen (secondary N) is 1. The van der Waals surface area contributed by atoms with Crippen molar-refractivity contribution in [1.29, 1.82) is 5.26 Å². The van der Waals surface area contributed by atoms with E-state index in [1.165, 1.54) is 6.07 Å². The quantitative estimate of drug-likeness (QED) is 0.787. The molecule has 0 aliphatic heterocycles. The highest BCUT2D eigenvalue weighted by Gasteiger charge is 2.12. The van der Waals surface area contributed by atoms with Gasteiger partial charge < -0.3 is 15.0 Å². The van der Waals surface area contributed by atoms with Gasteiger partial charge in [-0.2, -0.15) is 5.26 Å². The van der Waals surface area contributed by atoms with E-state index < -0.39 is 0 Å². The SMILES string of the molecule is CCN(CC)C(=O)c1ccc(NC(=O)COc2ccc(C#N)cc2Cl)cc1. The van der Waals surface area contributed by atoms with Gasteiger partial charge in [0.2, 0.25) is 0 Å². The molecule has 6 nitrogen and oxygen atoms in total. The van der Waals surface area contributed by atoms with Crippen LogP contribution >= 0.6 is 11.6 Å². The number of hydrogen-bond acceptors (Lipinski definition) is 4. The molecule has 2 aromatic carbocycles. The molecule has 0 fully saturated rings. The van der Waals surface area contributed by atoms with E-state index in [1.54, 1.807) is 41.3 Å². The molecule has 0 saturated carbocycles.